The number of ether oxygens (including phenoxy) is 1. The first kappa shape index (κ1) is 15.0. The molecule has 2 rings (SSSR count). The van der Waals surface area contributed by atoms with Gasteiger partial charge < -0.3 is 9.64 Å². The van der Waals surface area contributed by atoms with Crippen molar-refractivity contribution in [2.45, 2.75) is 24.1 Å². The molecule has 108 valence electrons. The highest BCUT2D eigenvalue weighted by molar-refractivity contribution is 9.10. The van der Waals surface area contributed by atoms with Crippen LogP contribution in [0.25, 0.3) is 0 Å². The molecule has 20 heavy (non-hydrogen) atoms. The number of esters is 1. The SMILES string of the molecule is COC(=O)C(Br)C(=O)c1cccc(N2CCCCC2)c1. The van der Waals surface area contributed by atoms with Crippen molar-refractivity contribution in [2.75, 3.05) is 25.1 Å². The van der Waals surface area contributed by atoms with Crippen LogP contribution in [-0.2, 0) is 9.53 Å². The lowest BCUT2D eigenvalue weighted by molar-refractivity contribution is -0.138. The number of benzene rings is 1. The van der Waals surface area contributed by atoms with Gasteiger partial charge in [0.05, 0.1) is 7.11 Å². The molecule has 0 saturated carbocycles. The third-order valence-electron chi connectivity index (χ3n) is 3.49. The van der Waals surface area contributed by atoms with Crippen molar-refractivity contribution in [3.05, 3.63) is 29.8 Å². The third kappa shape index (κ3) is 3.39. The van der Waals surface area contributed by atoms with Crippen LogP contribution in [0.2, 0.25) is 0 Å². The van der Waals surface area contributed by atoms with Crippen LogP contribution in [0.15, 0.2) is 24.3 Å². The standard InChI is InChI=1S/C15H18BrNO3/c1-20-15(19)13(16)14(18)11-6-5-7-12(10-11)17-8-3-2-4-9-17/h5-7,10,13H,2-4,8-9H2,1H3. The average Bonchev–Trinajstić information content (AvgIpc) is 2.53. The van der Waals surface area contributed by atoms with Gasteiger partial charge >= 0.3 is 5.97 Å². The van der Waals surface area contributed by atoms with E-state index in [-0.39, 0.29) is 5.78 Å². The second kappa shape index (κ2) is 6.88. The molecule has 0 radical (unpaired) electrons. The van der Waals surface area contributed by atoms with E-state index < -0.39 is 10.8 Å². The van der Waals surface area contributed by atoms with Crippen LogP contribution >= 0.6 is 15.9 Å². The van der Waals surface area contributed by atoms with Gasteiger partial charge in [-0.1, -0.05) is 28.1 Å². The summed E-state index contributed by atoms with van der Waals surface area (Å²) in [5.74, 6) is -0.839. The van der Waals surface area contributed by atoms with Crippen molar-refractivity contribution in [3.63, 3.8) is 0 Å². The summed E-state index contributed by atoms with van der Waals surface area (Å²) in [7, 11) is 1.27. The Bertz CT molecular complexity index is 498. The van der Waals surface area contributed by atoms with E-state index >= 15 is 0 Å². The summed E-state index contributed by atoms with van der Waals surface area (Å²) in [6.45, 7) is 2.04. The zero-order valence-corrected chi connectivity index (χ0v) is 13.1. The number of halogens is 1. The molecule has 0 N–H and O–H groups in total. The Kier molecular flexibility index (Phi) is 5.17. The summed E-state index contributed by atoms with van der Waals surface area (Å²) in [6, 6.07) is 7.44. The molecule has 4 nitrogen and oxygen atoms in total. The number of rotatable bonds is 4. The number of nitrogens with zero attached hydrogens (tertiary/aromatic N) is 1. The number of Topliss-reactive ketones (excluding diaryl/α,β-unsaturated/α-hetero) is 1. The number of methoxy groups -OCH3 is 1. The number of alkyl halides is 1. The van der Waals surface area contributed by atoms with Crippen LogP contribution in [0, 0.1) is 0 Å². The van der Waals surface area contributed by atoms with Crippen molar-refractivity contribution in [1.29, 1.82) is 0 Å². The fraction of sp³-hybridized carbons (Fsp3) is 0.467. The second-order valence-corrected chi connectivity index (χ2v) is 5.76. The van der Waals surface area contributed by atoms with Crippen molar-refractivity contribution in [1.82, 2.24) is 0 Å². The lowest BCUT2D eigenvalue weighted by atomic mass is 10.1. The molecule has 1 heterocycles. The molecule has 1 atom stereocenters. The highest BCUT2D eigenvalue weighted by Gasteiger charge is 2.25. The van der Waals surface area contributed by atoms with Crippen molar-refractivity contribution in [3.8, 4) is 0 Å². The molecule has 1 aliphatic heterocycles. The third-order valence-corrected chi connectivity index (χ3v) is 4.28. The van der Waals surface area contributed by atoms with Crippen molar-refractivity contribution >= 4 is 33.4 Å². The fourth-order valence-electron chi connectivity index (χ4n) is 2.36. The molecule has 1 saturated heterocycles. The van der Waals surface area contributed by atoms with E-state index in [4.69, 9.17) is 0 Å². The van der Waals surface area contributed by atoms with Gasteiger partial charge in [-0.25, -0.2) is 0 Å². The van der Waals surface area contributed by atoms with Gasteiger partial charge in [0.15, 0.2) is 10.6 Å². The zero-order valence-electron chi connectivity index (χ0n) is 11.5. The summed E-state index contributed by atoms with van der Waals surface area (Å²) in [5.41, 5.74) is 1.57. The van der Waals surface area contributed by atoms with Crippen LogP contribution in [0.5, 0.6) is 0 Å². The lowest BCUT2D eigenvalue weighted by Gasteiger charge is -2.29. The molecule has 5 heteroatoms. The van der Waals surface area contributed by atoms with Crippen LogP contribution in [0.3, 0.4) is 0 Å². The fourth-order valence-corrected chi connectivity index (χ4v) is 2.82. The van der Waals surface area contributed by atoms with Crippen LogP contribution in [0.1, 0.15) is 29.6 Å². The first-order valence-electron chi connectivity index (χ1n) is 6.74. The van der Waals surface area contributed by atoms with E-state index in [0.717, 1.165) is 18.8 Å². The Balaban J connectivity index is 2.16. The normalized spacial score (nSPS) is 16.6. The average molecular weight is 340 g/mol. The number of hydrogen-bond donors (Lipinski definition) is 0. The molecule has 1 fully saturated rings. The molecule has 1 aliphatic rings. The maximum Gasteiger partial charge on any atom is 0.327 e. The minimum atomic E-state index is -0.941. The maximum absolute atomic E-state index is 12.2. The van der Waals surface area contributed by atoms with Crippen LogP contribution in [-0.4, -0.2) is 36.8 Å². The first-order valence-corrected chi connectivity index (χ1v) is 7.66. The number of anilines is 1. The van der Waals surface area contributed by atoms with E-state index in [1.807, 2.05) is 18.2 Å². The van der Waals surface area contributed by atoms with E-state index in [9.17, 15) is 9.59 Å². The Morgan fingerprint density at radius 2 is 1.95 bits per heavy atom. The summed E-state index contributed by atoms with van der Waals surface area (Å²) >= 11 is 3.09. The largest absolute Gasteiger partial charge is 0.468 e. The summed E-state index contributed by atoms with van der Waals surface area (Å²) in [6.07, 6.45) is 3.63. The predicted molar refractivity (Wildman–Crippen MR) is 81.6 cm³/mol. The number of carbonyl (C=O) groups excluding carboxylic acids is 2. The van der Waals surface area contributed by atoms with Gasteiger partial charge in [-0.15, -0.1) is 0 Å². The molecular weight excluding hydrogens is 322 g/mol. The van der Waals surface area contributed by atoms with Gasteiger partial charge in [0.2, 0.25) is 0 Å². The molecular formula is C15H18BrNO3. The Labute approximate surface area is 127 Å². The Morgan fingerprint density at radius 1 is 1.25 bits per heavy atom. The Morgan fingerprint density at radius 3 is 2.60 bits per heavy atom. The zero-order chi connectivity index (χ0) is 14.5. The molecule has 0 aliphatic carbocycles. The van der Waals surface area contributed by atoms with Gasteiger partial charge in [0, 0.05) is 24.3 Å². The lowest BCUT2D eigenvalue weighted by Crippen LogP contribution is -2.30. The second-order valence-electron chi connectivity index (χ2n) is 4.85. The van der Waals surface area contributed by atoms with E-state index in [1.165, 1.54) is 26.4 Å². The summed E-state index contributed by atoms with van der Waals surface area (Å²) < 4.78 is 4.58. The molecule has 0 spiro atoms. The van der Waals surface area contributed by atoms with E-state index in [2.05, 4.69) is 25.6 Å². The predicted octanol–water partition coefficient (Wildman–Crippen LogP) is 2.80. The van der Waals surface area contributed by atoms with Gasteiger partial charge in [-0.05, 0) is 31.4 Å². The molecule has 0 bridgehead atoms. The number of hydrogen-bond acceptors (Lipinski definition) is 4. The summed E-state index contributed by atoms with van der Waals surface area (Å²) in [5, 5.41) is 0. The van der Waals surface area contributed by atoms with Gasteiger partial charge in [0.25, 0.3) is 0 Å². The maximum atomic E-state index is 12.2. The molecule has 1 aromatic rings. The van der Waals surface area contributed by atoms with Crippen molar-refractivity contribution in [2.24, 2.45) is 0 Å². The minimum absolute atomic E-state index is 0.268. The molecule has 0 aromatic heterocycles. The minimum Gasteiger partial charge on any atom is -0.468 e. The number of piperidine rings is 1. The highest BCUT2D eigenvalue weighted by atomic mass is 79.9. The van der Waals surface area contributed by atoms with Gasteiger partial charge in [0.1, 0.15) is 0 Å². The Hall–Kier alpha value is -1.36. The van der Waals surface area contributed by atoms with E-state index in [0.29, 0.717) is 5.56 Å². The summed E-state index contributed by atoms with van der Waals surface area (Å²) in [4.78, 5) is 25.0. The first-order chi connectivity index (χ1) is 9.63. The topological polar surface area (TPSA) is 46.6 Å². The van der Waals surface area contributed by atoms with Crippen LogP contribution in [0.4, 0.5) is 5.69 Å². The number of ketones is 1. The monoisotopic (exact) mass is 339 g/mol. The van der Waals surface area contributed by atoms with E-state index in [1.54, 1.807) is 6.07 Å². The van der Waals surface area contributed by atoms with Gasteiger partial charge in [-0.2, -0.15) is 0 Å². The molecule has 0 amide bonds. The van der Waals surface area contributed by atoms with Crippen molar-refractivity contribution < 1.29 is 14.3 Å². The molecule has 1 aromatic carbocycles. The smallest absolute Gasteiger partial charge is 0.327 e. The number of carbonyl (C=O) groups is 2. The van der Waals surface area contributed by atoms with Gasteiger partial charge in [-0.3, -0.25) is 9.59 Å². The quantitative estimate of drug-likeness (QED) is 0.366. The highest BCUT2D eigenvalue weighted by Crippen LogP contribution is 2.22. The van der Waals surface area contributed by atoms with Crippen LogP contribution < -0.4 is 4.90 Å². The molecule has 1 unspecified atom stereocenters.